The fourth-order valence-electron chi connectivity index (χ4n) is 2.28. The number of hydrogen-bond donors (Lipinski definition) is 0. The number of rotatable bonds is 2. The first-order valence-corrected chi connectivity index (χ1v) is 7.95. The molecule has 0 aliphatic carbocycles. The van der Waals surface area contributed by atoms with Crippen LogP contribution in [-0.4, -0.2) is 14.3 Å². The molecule has 0 saturated carbocycles. The van der Waals surface area contributed by atoms with E-state index in [2.05, 4.69) is 4.99 Å². The summed E-state index contributed by atoms with van der Waals surface area (Å²) in [5.74, 6) is 0.00357. The van der Waals surface area contributed by atoms with Crippen molar-refractivity contribution in [1.29, 1.82) is 0 Å². The van der Waals surface area contributed by atoms with Crippen LogP contribution in [0.3, 0.4) is 0 Å². The van der Waals surface area contributed by atoms with Gasteiger partial charge in [0.15, 0.2) is 0 Å². The Labute approximate surface area is 122 Å². The molecule has 3 rings (SSSR count). The van der Waals surface area contributed by atoms with Gasteiger partial charge < -0.3 is 0 Å². The largest absolute Gasteiger partial charge is 0.271 e. The van der Waals surface area contributed by atoms with Crippen molar-refractivity contribution in [3.8, 4) is 0 Å². The van der Waals surface area contributed by atoms with E-state index in [-0.39, 0.29) is 4.90 Å². The number of hydrogen-bond acceptors (Lipinski definition) is 3. The van der Waals surface area contributed by atoms with Gasteiger partial charge in [-0.25, -0.2) is 22.1 Å². The Morgan fingerprint density at radius 3 is 2.43 bits per heavy atom. The monoisotopic (exact) mass is 304 g/mol. The molecule has 0 amide bonds. The lowest BCUT2D eigenvalue weighted by molar-refractivity contribution is 0.596. The maximum atomic E-state index is 13.1. The highest BCUT2D eigenvalue weighted by Gasteiger charge is 2.34. The molecule has 2 aromatic carbocycles. The number of halogens is 1. The second-order valence-corrected chi connectivity index (χ2v) is 6.35. The summed E-state index contributed by atoms with van der Waals surface area (Å²) in [5, 5.41) is 0. The summed E-state index contributed by atoms with van der Waals surface area (Å²) in [6.07, 6.45) is 0.449. The molecule has 0 bridgehead atoms. The van der Waals surface area contributed by atoms with Gasteiger partial charge >= 0.3 is 0 Å². The Morgan fingerprint density at radius 1 is 1.10 bits per heavy atom. The molecule has 1 heterocycles. The van der Waals surface area contributed by atoms with Crippen molar-refractivity contribution in [3.63, 3.8) is 0 Å². The maximum Gasteiger partial charge on any atom is 0.271 e. The van der Waals surface area contributed by atoms with Crippen LogP contribution >= 0.6 is 0 Å². The molecule has 0 spiro atoms. The van der Waals surface area contributed by atoms with Crippen LogP contribution in [0.2, 0.25) is 0 Å². The molecule has 6 heteroatoms. The quantitative estimate of drug-likeness (QED) is 0.853. The SMILES string of the molecule is CCC1=Nc2ccccc2S(=O)(=O)N1c1ccc(F)cc1. The second-order valence-electron chi connectivity index (χ2n) is 4.60. The summed E-state index contributed by atoms with van der Waals surface area (Å²) in [6, 6.07) is 11.9. The highest BCUT2D eigenvalue weighted by Crippen LogP contribution is 2.35. The van der Waals surface area contributed by atoms with Gasteiger partial charge in [-0.3, -0.25) is 0 Å². The second kappa shape index (κ2) is 4.96. The molecular formula is C15H13FN2O2S. The molecule has 0 radical (unpaired) electrons. The predicted molar refractivity (Wildman–Crippen MR) is 79.9 cm³/mol. The molecule has 21 heavy (non-hydrogen) atoms. The summed E-state index contributed by atoms with van der Waals surface area (Å²) >= 11 is 0. The van der Waals surface area contributed by atoms with E-state index in [1.165, 1.54) is 34.6 Å². The summed E-state index contributed by atoms with van der Waals surface area (Å²) in [5.41, 5.74) is 0.819. The Bertz CT molecular complexity index is 814. The van der Waals surface area contributed by atoms with E-state index in [1.807, 2.05) is 6.92 Å². The fourth-order valence-corrected chi connectivity index (χ4v) is 3.95. The van der Waals surface area contributed by atoms with Crippen LogP contribution in [-0.2, 0) is 10.0 Å². The number of fused-ring (bicyclic) bond motifs is 1. The topological polar surface area (TPSA) is 49.7 Å². The van der Waals surface area contributed by atoms with E-state index in [9.17, 15) is 12.8 Å². The number of sulfonamides is 1. The Balaban J connectivity index is 2.23. The van der Waals surface area contributed by atoms with E-state index in [0.717, 1.165) is 0 Å². The van der Waals surface area contributed by atoms with Crippen LogP contribution in [0.1, 0.15) is 13.3 Å². The van der Waals surface area contributed by atoms with E-state index >= 15 is 0 Å². The Morgan fingerprint density at radius 2 is 1.76 bits per heavy atom. The summed E-state index contributed by atoms with van der Waals surface area (Å²) in [4.78, 5) is 4.57. The standard InChI is InChI=1S/C15H13FN2O2S/c1-2-15-17-13-5-3-4-6-14(13)21(19,20)18(15)12-9-7-11(16)8-10-12/h3-10H,2H2,1H3. The van der Waals surface area contributed by atoms with Gasteiger partial charge in [-0.15, -0.1) is 0 Å². The molecule has 0 atom stereocenters. The van der Waals surface area contributed by atoms with Crippen molar-refractivity contribution >= 4 is 27.2 Å². The van der Waals surface area contributed by atoms with Gasteiger partial charge in [-0.2, -0.15) is 0 Å². The molecular weight excluding hydrogens is 291 g/mol. The number of nitrogens with zero attached hydrogens (tertiary/aromatic N) is 2. The van der Waals surface area contributed by atoms with Crippen molar-refractivity contribution in [1.82, 2.24) is 0 Å². The van der Waals surface area contributed by atoms with Crippen LogP contribution in [0, 0.1) is 5.82 Å². The number of amidine groups is 1. The fraction of sp³-hybridized carbons (Fsp3) is 0.133. The Kier molecular flexibility index (Phi) is 3.25. The van der Waals surface area contributed by atoms with Gasteiger partial charge in [0, 0.05) is 6.42 Å². The van der Waals surface area contributed by atoms with Gasteiger partial charge in [0.25, 0.3) is 10.0 Å². The molecule has 1 aliphatic heterocycles. The minimum absolute atomic E-state index is 0.159. The zero-order chi connectivity index (χ0) is 15.0. The first-order valence-electron chi connectivity index (χ1n) is 6.51. The van der Waals surface area contributed by atoms with Gasteiger partial charge in [-0.05, 0) is 36.4 Å². The molecule has 0 saturated heterocycles. The molecule has 0 N–H and O–H groups in total. The minimum Gasteiger partial charge on any atom is -0.233 e. The van der Waals surface area contributed by atoms with Crippen LogP contribution in [0.5, 0.6) is 0 Å². The number of anilines is 1. The summed E-state index contributed by atoms with van der Waals surface area (Å²) < 4.78 is 39.9. The lowest BCUT2D eigenvalue weighted by atomic mass is 10.3. The van der Waals surface area contributed by atoms with E-state index < -0.39 is 15.8 Å². The highest BCUT2D eigenvalue weighted by molar-refractivity contribution is 7.93. The van der Waals surface area contributed by atoms with Gasteiger partial charge in [0.05, 0.1) is 11.4 Å². The first-order chi connectivity index (χ1) is 10.0. The van der Waals surface area contributed by atoms with Crippen LogP contribution < -0.4 is 4.31 Å². The van der Waals surface area contributed by atoms with Crippen molar-refractivity contribution in [2.75, 3.05) is 4.31 Å². The third-order valence-corrected chi connectivity index (χ3v) is 5.05. The van der Waals surface area contributed by atoms with E-state index in [4.69, 9.17) is 0 Å². The molecule has 108 valence electrons. The lowest BCUT2D eigenvalue weighted by Crippen LogP contribution is -2.38. The average molecular weight is 304 g/mol. The predicted octanol–water partition coefficient (Wildman–Crippen LogP) is 3.47. The lowest BCUT2D eigenvalue weighted by Gasteiger charge is -2.29. The van der Waals surface area contributed by atoms with Crippen molar-refractivity contribution < 1.29 is 12.8 Å². The van der Waals surface area contributed by atoms with E-state index in [1.54, 1.807) is 18.2 Å². The first kappa shape index (κ1) is 13.8. The Hall–Kier alpha value is -2.21. The van der Waals surface area contributed by atoms with E-state index in [0.29, 0.717) is 23.6 Å². The normalized spacial score (nSPS) is 16.3. The molecule has 1 aliphatic rings. The number of benzene rings is 2. The van der Waals surface area contributed by atoms with Crippen molar-refractivity contribution in [2.24, 2.45) is 4.99 Å². The highest BCUT2D eigenvalue weighted by atomic mass is 32.2. The van der Waals surface area contributed by atoms with Gasteiger partial charge in [-0.1, -0.05) is 19.1 Å². The van der Waals surface area contributed by atoms with Crippen molar-refractivity contribution in [2.45, 2.75) is 18.2 Å². The zero-order valence-electron chi connectivity index (χ0n) is 11.3. The molecule has 0 unspecified atom stereocenters. The van der Waals surface area contributed by atoms with Crippen LogP contribution in [0.4, 0.5) is 15.8 Å². The van der Waals surface area contributed by atoms with Gasteiger partial charge in [0.2, 0.25) is 0 Å². The summed E-state index contributed by atoms with van der Waals surface area (Å²) in [7, 11) is -3.73. The molecule has 4 nitrogen and oxygen atoms in total. The zero-order valence-corrected chi connectivity index (χ0v) is 12.1. The molecule has 0 fully saturated rings. The third kappa shape index (κ3) is 2.21. The van der Waals surface area contributed by atoms with Crippen molar-refractivity contribution in [3.05, 3.63) is 54.3 Å². The average Bonchev–Trinajstić information content (AvgIpc) is 2.48. The smallest absolute Gasteiger partial charge is 0.233 e. The number of aliphatic imine (C=N–C) groups is 1. The minimum atomic E-state index is -3.73. The maximum absolute atomic E-state index is 13.1. The number of para-hydroxylation sites is 1. The van der Waals surface area contributed by atoms with Gasteiger partial charge in [0.1, 0.15) is 16.5 Å². The molecule has 2 aromatic rings. The molecule has 0 aromatic heterocycles. The van der Waals surface area contributed by atoms with Crippen LogP contribution in [0.15, 0.2) is 58.4 Å². The third-order valence-electron chi connectivity index (χ3n) is 3.24. The van der Waals surface area contributed by atoms with Crippen LogP contribution in [0.25, 0.3) is 0 Å². The summed E-state index contributed by atoms with van der Waals surface area (Å²) in [6.45, 7) is 1.83.